The molecule has 144 valence electrons. The highest BCUT2D eigenvalue weighted by Crippen LogP contribution is 2.22. The number of nitrogens with two attached hydrogens (primary N) is 1. The number of likely N-dealkylation sites (tertiary alicyclic amines) is 1. The molecule has 1 fully saturated rings. The molecule has 6 heteroatoms. The van der Waals surface area contributed by atoms with Crippen LogP contribution in [0.3, 0.4) is 0 Å². The Kier molecular flexibility index (Phi) is 10.0. The van der Waals surface area contributed by atoms with Crippen molar-refractivity contribution >= 4 is 30.7 Å². The molecule has 0 radical (unpaired) electrons. The van der Waals surface area contributed by atoms with E-state index in [4.69, 9.17) is 5.73 Å². The number of carbonyl (C=O) groups excluding carboxylic acids is 1. The molecule has 1 aliphatic heterocycles. The molecule has 1 heterocycles. The molecule has 0 aliphatic carbocycles. The number of halogens is 2. The number of hydrogen-bond donors (Lipinski definition) is 2. The fraction of sp³-hybridized carbons (Fsp3) is 0.632. The molecule has 2 rings (SSSR count). The zero-order valence-corrected chi connectivity index (χ0v) is 17.4. The smallest absolute Gasteiger partial charge is 0.239 e. The number of amides is 1. The topological polar surface area (TPSA) is 58.4 Å². The third-order valence-corrected chi connectivity index (χ3v) is 4.41. The van der Waals surface area contributed by atoms with Crippen LogP contribution in [0.1, 0.15) is 45.2 Å². The van der Waals surface area contributed by atoms with E-state index in [0.29, 0.717) is 6.54 Å². The second-order valence-electron chi connectivity index (χ2n) is 7.86. The van der Waals surface area contributed by atoms with Crippen LogP contribution in [0.25, 0.3) is 0 Å². The predicted octanol–water partition coefficient (Wildman–Crippen LogP) is 3.36. The maximum atomic E-state index is 11.8. The Labute approximate surface area is 164 Å². The Balaban J connectivity index is 0.00000288. The Morgan fingerprint density at radius 1 is 1.12 bits per heavy atom. The molecule has 25 heavy (non-hydrogen) atoms. The van der Waals surface area contributed by atoms with Gasteiger partial charge in [0.1, 0.15) is 0 Å². The number of benzene rings is 1. The number of carbonyl (C=O) groups is 1. The Morgan fingerprint density at radius 3 is 2.08 bits per heavy atom. The van der Waals surface area contributed by atoms with Crippen molar-refractivity contribution in [3.63, 3.8) is 0 Å². The van der Waals surface area contributed by atoms with Gasteiger partial charge in [-0.25, -0.2) is 0 Å². The molecule has 0 spiro atoms. The van der Waals surface area contributed by atoms with Gasteiger partial charge in [0.15, 0.2) is 0 Å². The SMILES string of the molecule is CC1CC(C)CN(Cc2ccc(CNC(=O)C(C)(C)N)cc2)C1.Cl.Cl. The summed E-state index contributed by atoms with van der Waals surface area (Å²) in [6.07, 6.45) is 1.34. The fourth-order valence-corrected chi connectivity index (χ4v) is 3.35. The molecule has 1 amide bonds. The lowest BCUT2D eigenvalue weighted by molar-refractivity contribution is -0.125. The van der Waals surface area contributed by atoms with E-state index in [2.05, 4.69) is 48.3 Å². The number of nitrogens with one attached hydrogen (secondary N) is 1. The number of nitrogens with zero attached hydrogens (tertiary/aromatic N) is 1. The molecular weight excluding hydrogens is 357 g/mol. The molecule has 2 atom stereocenters. The lowest BCUT2D eigenvalue weighted by Crippen LogP contribution is -2.48. The summed E-state index contributed by atoms with van der Waals surface area (Å²) in [4.78, 5) is 14.3. The molecule has 1 aromatic carbocycles. The maximum Gasteiger partial charge on any atom is 0.239 e. The van der Waals surface area contributed by atoms with Crippen LogP contribution in [0, 0.1) is 11.8 Å². The minimum atomic E-state index is -0.832. The van der Waals surface area contributed by atoms with E-state index in [-0.39, 0.29) is 30.7 Å². The second kappa shape index (κ2) is 10.4. The van der Waals surface area contributed by atoms with Gasteiger partial charge in [-0.3, -0.25) is 9.69 Å². The van der Waals surface area contributed by atoms with Gasteiger partial charge in [-0.15, -0.1) is 24.8 Å². The van der Waals surface area contributed by atoms with Gasteiger partial charge in [0.05, 0.1) is 5.54 Å². The summed E-state index contributed by atoms with van der Waals surface area (Å²) < 4.78 is 0. The highest BCUT2D eigenvalue weighted by Gasteiger charge is 2.22. The zero-order valence-electron chi connectivity index (χ0n) is 15.7. The third-order valence-electron chi connectivity index (χ3n) is 4.41. The normalized spacial score (nSPS) is 21.0. The first kappa shape index (κ1) is 24.2. The van der Waals surface area contributed by atoms with Gasteiger partial charge >= 0.3 is 0 Å². The molecule has 1 aromatic rings. The Morgan fingerprint density at radius 2 is 1.60 bits per heavy atom. The summed E-state index contributed by atoms with van der Waals surface area (Å²) in [5, 5.41) is 2.88. The van der Waals surface area contributed by atoms with Gasteiger partial charge in [0.2, 0.25) is 5.91 Å². The van der Waals surface area contributed by atoms with Crippen LogP contribution in [0.5, 0.6) is 0 Å². The zero-order chi connectivity index (χ0) is 17.0. The monoisotopic (exact) mass is 389 g/mol. The van der Waals surface area contributed by atoms with Crippen LogP contribution in [-0.4, -0.2) is 29.4 Å². The molecule has 1 saturated heterocycles. The second-order valence-corrected chi connectivity index (χ2v) is 7.86. The maximum absolute atomic E-state index is 11.8. The van der Waals surface area contributed by atoms with Crippen LogP contribution >= 0.6 is 24.8 Å². The van der Waals surface area contributed by atoms with E-state index in [1.807, 2.05) is 0 Å². The van der Waals surface area contributed by atoms with Crippen molar-refractivity contribution in [1.82, 2.24) is 10.2 Å². The Hall–Kier alpha value is -0.810. The molecule has 4 nitrogen and oxygen atoms in total. The summed E-state index contributed by atoms with van der Waals surface area (Å²) in [6.45, 7) is 12.0. The number of hydrogen-bond acceptors (Lipinski definition) is 3. The lowest BCUT2D eigenvalue weighted by Gasteiger charge is -2.35. The van der Waals surface area contributed by atoms with Gasteiger partial charge in [0.25, 0.3) is 0 Å². The largest absolute Gasteiger partial charge is 0.350 e. The first-order chi connectivity index (χ1) is 10.7. The van der Waals surface area contributed by atoms with Gasteiger partial charge in [-0.2, -0.15) is 0 Å². The average molecular weight is 390 g/mol. The molecule has 0 saturated carbocycles. The van der Waals surface area contributed by atoms with Crippen LogP contribution in [0.4, 0.5) is 0 Å². The third kappa shape index (κ3) is 7.95. The molecule has 3 N–H and O–H groups in total. The predicted molar refractivity (Wildman–Crippen MR) is 109 cm³/mol. The summed E-state index contributed by atoms with van der Waals surface area (Å²) >= 11 is 0. The van der Waals surface area contributed by atoms with E-state index in [9.17, 15) is 4.79 Å². The number of rotatable bonds is 5. The highest BCUT2D eigenvalue weighted by molar-refractivity contribution is 5.85. The van der Waals surface area contributed by atoms with Crippen LogP contribution < -0.4 is 11.1 Å². The van der Waals surface area contributed by atoms with E-state index < -0.39 is 5.54 Å². The van der Waals surface area contributed by atoms with Crippen molar-refractivity contribution in [3.05, 3.63) is 35.4 Å². The van der Waals surface area contributed by atoms with Gasteiger partial charge in [0, 0.05) is 26.2 Å². The van der Waals surface area contributed by atoms with Gasteiger partial charge in [-0.05, 0) is 43.2 Å². The van der Waals surface area contributed by atoms with Crippen LogP contribution in [0.2, 0.25) is 0 Å². The Bertz CT molecular complexity index is 518. The number of piperidine rings is 1. The van der Waals surface area contributed by atoms with E-state index >= 15 is 0 Å². The van der Waals surface area contributed by atoms with E-state index in [1.54, 1.807) is 13.8 Å². The van der Waals surface area contributed by atoms with Crippen molar-refractivity contribution in [2.24, 2.45) is 17.6 Å². The molecule has 0 aromatic heterocycles. The van der Waals surface area contributed by atoms with Crippen molar-refractivity contribution in [2.75, 3.05) is 13.1 Å². The highest BCUT2D eigenvalue weighted by atomic mass is 35.5. The standard InChI is InChI=1S/C19H31N3O.2ClH/c1-14-9-15(2)12-22(11-14)13-17-7-5-16(6-8-17)10-21-18(23)19(3,4)20;;/h5-8,14-15H,9-13,20H2,1-4H3,(H,21,23);2*1H. The lowest BCUT2D eigenvalue weighted by atomic mass is 9.91. The van der Waals surface area contributed by atoms with E-state index in [0.717, 1.165) is 23.9 Å². The summed E-state index contributed by atoms with van der Waals surface area (Å²) in [5.41, 5.74) is 7.38. The molecular formula is C19H33Cl2N3O. The minimum Gasteiger partial charge on any atom is -0.350 e. The van der Waals surface area contributed by atoms with Crippen LogP contribution in [-0.2, 0) is 17.9 Å². The first-order valence-corrected chi connectivity index (χ1v) is 8.61. The molecule has 2 unspecified atom stereocenters. The van der Waals surface area contributed by atoms with Gasteiger partial charge < -0.3 is 11.1 Å². The quantitative estimate of drug-likeness (QED) is 0.811. The van der Waals surface area contributed by atoms with Crippen LogP contribution in [0.15, 0.2) is 24.3 Å². The van der Waals surface area contributed by atoms with Gasteiger partial charge in [-0.1, -0.05) is 38.1 Å². The van der Waals surface area contributed by atoms with Crippen molar-refractivity contribution in [2.45, 2.75) is 52.7 Å². The summed E-state index contributed by atoms with van der Waals surface area (Å²) in [5.74, 6) is 1.44. The van der Waals surface area contributed by atoms with Crippen molar-refractivity contribution in [3.8, 4) is 0 Å². The molecule has 0 bridgehead atoms. The molecule has 1 aliphatic rings. The summed E-state index contributed by atoms with van der Waals surface area (Å²) in [7, 11) is 0. The van der Waals surface area contributed by atoms with Crippen molar-refractivity contribution in [1.29, 1.82) is 0 Å². The average Bonchev–Trinajstić information content (AvgIpc) is 2.44. The fourth-order valence-electron chi connectivity index (χ4n) is 3.35. The summed E-state index contributed by atoms with van der Waals surface area (Å²) in [6, 6.07) is 8.52. The first-order valence-electron chi connectivity index (χ1n) is 8.61. The van der Waals surface area contributed by atoms with Crippen molar-refractivity contribution < 1.29 is 4.79 Å². The van der Waals surface area contributed by atoms with E-state index in [1.165, 1.54) is 25.1 Å². The minimum absolute atomic E-state index is 0.